The first kappa shape index (κ1) is 16.9. The predicted molar refractivity (Wildman–Crippen MR) is 102 cm³/mol. The number of aromatic nitrogens is 2. The molecule has 1 fully saturated rings. The van der Waals surface area contributed by atoms with Crippen LogP contribution >= 0.6 is 0 Å². The van der Waals surface area contributed by atoms with Crippen molar-refractivity contribution in [1.82, 2.24) is 15.1 Å². The fourth-order valence-electron chi connectivity index (χ4n) is 4.23. The molecule has 0 radical (unpaired) electrons. The molecule has 1 aromatic heterocycles. The van der Waals surface area contributed by atoms with E-state index in [0.717, 1.165) is 12.0 Å². The van der Waals surface area contributed by atoms with Crippen molar-refractivity contribution in [2.45, 2.75) is 19.4 Å². The van der Waals surface area contributed by atoms with Gasteiger partial charge in [0, 0.05) is 26.1 Å². The van der Waals surface area contributed by atoms with Crippen LogP contribution in [-0.2, 0) is 22.6 Å². The Morgan fingerprint density at radius 2 is 1.96 bits per heavy atom. The van der Waals surface area contributed by atoms with Gasteiger partial charge in [-0.3, -0.25) is 19.6 Å². The van der Waals surface area contributed by atoms with Crippen molar-refractivity contribution < 1.29 is 14.0 Å². The summed E-state index contributed by atoms with van der Waals surface area (Å²) < 4.78 is 14.3. The van der Waals surface area contributed by atoms with E-state index in [1.54, 1.807) is 12.1 Å². The molecule has 1 N–H and O–H groups in total. The number of amides is 2. The lowest BCUT2D eigenvalue weighted by Crippen LogP contribution is -2.40. The van der Waals surface area contributed by atoms with Crippen LogP contribution in [0.3, 0.4) is 0 Å². The number of rotatable bonds is 2. The van der Waals surface area contributed by atoms with Crippen LogP contribution in [0.4, 0.5) is 10.2 Å². The number of anilines is 1. The summed E-state index contributed by atoms with van der Waals surface area (Å²) in [5.41, 5.74) is 2.96. The van der Waals surface area contributed by atoms with Crippen LogP contribution in [0.25, 0.3) is 10.9 Å². The number of fused-ring (bicyclic) bond motifs is 2. The number of nitrogens with one attached hydrogen (secondary N) is 1. The third-order valence-corrected chi connectivity index (χ3v) is 5.69. The van der Waals surface area contributed by atoms with Crippen molar-refractivity contribution >= 4 is 28.5 Å². The largest absolute Gasteiger partial charge is 0.338 e. The smallest absolute Gasteiger partial charge is 0.229 e. The molecular weight excluding hydrogens is 359 g/mol. The molecule has 2 amide bonds. The monoisotopic (exact) mass is 378 g/mol. The number of benzene rings is 2. The van der Waals surface area contributed by atoms with Crippen molar-refractivity contribution in [3.05, 3.63) is 59.4 Å². The van der Waals surface area contributed by atoms with Crippen molar-refractivity contribution in [1.29, 1.82) is 0 Å². The van der Waals surface area contributed by atoms with Gasteiger partial charge in [-0.2, -0.15) is 5.10 Å². The van der Waals surface area contributed by atoms with Gasteiger partial charge in [-0.25, -0.2) is 4.39 Å². The molecule has 0 aliphatic carbocycles. The number of carbonyl (C=O) groups is 2. The number of carbonyl (C=O) groups excluding carboxylic acids is 2. The highest BCUT2D eigenvalue weighted by Gasteiger charge is 2.39. The molecule has 1 saturated heterocycles. The van der Waals surface area contributed by atoms with Gasteiger partial charge in [0.05, 0.1) is 16.8 Å². The summed E-state index contributed by atoms with van der Waals surface area (Å²) in [6, 6.07) is 12.8. The fourth-order valence-corrected chi connectivity index (χ4v) is 4.23. The lowest BCUT2D eigenvalue weighted by Gasteiger charge is -2.30. The third kappa shape index (κ3) is 2.66. The predicted octanol–water partition coefficient (Wildman–Crippen LogP) is 2.64. The zero-order chi connectivity index (χ0) is 19.3. The minimum absolute atomic E-state index is 0.0225. The van der Waals surface area contributed by atoms with Gasteiger partial charge in [0.2, 0.25) is 11.8 Å². The van der Waals surface area contributed by atoms with Crippen LogP contribution in [0.5, 0.6) is 0 Å². The van der Waals surface area contributed by atoms with E-state index >= 15 is 0 Å². The van der Waals surface area contributed by atoms with Gasteiger partial charge in [-0.1, -0.05) is 30.3 Å². The summed E-state index contributed by atoms with van der Waals surface area (Å²) in [5.74, 6) is -0.830. The van der Waals surface area contributed by atoms with Gasteiger partial charge in [0.1, 0.15) is 5.82 Å². The summed E-state index contributed by atoms with van der Waals surface area (Å²) in [4.78, 5) is 28.9. The molecule has 5 rings (SSSR count). The molecule has 2 aliphatic rings. The number of halogens is 1. The van der Waals surface area contributed by atoms with E-state index in [1.807, 2.05) is 23.1 Å². The first-order chi connectivity index (χ1) is 13.6. The summed E-state index contributed by atoms with van der Waals surface area (Å²) in [6.45, 7) is 1.45. The van der Waals surface area contributed by atoms with Crippen molar-refractivity contribution in [3.8, 4) is 0 Å². The van der Waals surface area contributed by atoms with Gasteiger partial charge in [0.25, 0.3) is 0 Å². The molecule has 142 valence electrons. The molecular formula is C21H19FN4O2. The standard InChI is InChI=1S/C21H19FN4O2/c22-16-6-3-7-17-19(16)20(24-23-17)26-12-15(10-18(26)27)21(28)25-9-8-13-4-1-2-5-14(13)11-25/h1-7,15H,8-12H2,(H,23,24)/t15-/m1/s1. The van der Waals surface area contributed by atoms with Gasteiger partial charge >= 0.3 is 0 Å². The number of aromatic amines is 1. The van der Waals surface area contributed by atoms with E-state index in [-0.39, 0.29) is 36.0 Å². The first-order valence-corrected chi connectivity index (χ1v) is 9.40. The molecule has 7 heteroatoms. The number of hydrogen-bond acceptors (Lipinski definition) is 3. The van der Waals surface area contributed by atoms with E-state index in [2.05, 4.69) is 16.3 Å². The minimum Gasteiger partial charge on any atom is -0.338 e. The highest BCUT2D eigenvalue weighted by molar-refractivity contribution is 6.05. The second kappa shape index (κ2) is 6.44. The number of H-pyrrole nitrogens is 1. The van der Waals surface area contributed by atoms with E-state index in [9.17, 15) is 14.0 Å². The molecule has 6 nitrogen and oxygen atoms in total. The Labute approximate surface area is 160 Å². The molecule has 1 atom stereocenters. The lowest BCUT2D eigenvalue weighted by molar-refractivity contribution is -0.136. The minimum atomic E-state index is -0.434. The zero-order valence-electron chi connectivity index (χ0n) is 15.2. The molecule has 0 saturated carbocycles. The second-order valence-electron chi connectivity index (χ2n) is 7.39. The Hall–Kier alpha value is -3.22. The van der Waals surface area contributed by atoms with Crippen LogP contribution in [0.1, 0.15) is 17.5 Å². The van der Waals surface area contributed by atoms with Gasteiger partial charge < -0.3 is 4.90 Å². The van der Waals surface area contributed by atoms with Crippen LogP contribution < -0.4 is 4.90 Å². The zero-order valence-corrected chi connectivity index (χ0v) is 15.2. The molecule has 0 unspecified atom stereocenters. The Morgan fingerprint density at radius 1 is 1.14 bits per heavy atom. The van der Waals surface area contributed by atoms with Gasteiger partial charge in [-0.15, -0.1) is 0 Å². The molecule has 0 spiro atoms. The average Bonchev–Trinajstić information content (AvgIpc) is 3.31. The topological polar surface area (TPSA) is 69.3 Å². The van der Waals surface area contributed by atoms with E-state index < -0.39 is 11.7 Å². The lowest BCUT2D eigenvalue weighted by atomic mass is 9.98. The van der Waals surface area contributed by atoms with Crippen molar-refractivity contribution in [2.24, 2.45) is 5.92 Å². The fraction of sp³-hybridized carbons (Fsp3) is 0.286. The molecule has 0 bridgehead atoms. The second-order valence-corrected chi connectivity index (χ2v) is 7.39. The van der Waals surface area contributed by atoms with Crippen LogP contribution in [0.15, 0.2) is 42.5 Å². The average molecular weight is 378 g/mol. The molecule has 2 aliphatic heterocycles. The van der Waals surface area contributed by atoms with Crippen molar-refractivity contribution in [3.63, 3.8) is 0 Å². The van der Waals surface area contributed by atoms with Crippen LogP contribution in [-0.4, -0.2) is 40.0 Å². The highest BCUT2D eigenvalue weighted by Crippen LogP contribution is 2.32. The van der Waals surface area contributed by atoms with E-state index in [4.69, 9.17) is 0 Å². The Kier molecular flexibility index (Phi) is 3.89. The third-order valence-electron chi connectivity index (χ3n) is 5.69. The van der Waals surface area contributed by atoms with E-state index in [0.29, 0.717) is 18.6 Å². The molecule has 3 heterocycles. The van der Waals surface area contributed by atoms with Gasteiger partial charge in [0.15, 0.2) is 5.82 Å². The van der Waals surface area contributed by atoms with E-state index in [1.165, 1.54) is 16.5 Å². The summed E-state index contributed by atoms with van der Waals surface area (Å²) in [7, 11) is 0. The number of nitrogens with zero attached hydrogens (tertiary/aromatic N) is 3. The maximum atomic E-state index is 14.3. The van der Waals surface area contributed by atoms with Crippen LogP contribution in [0, 0.1) is 11.7 Å². The molecule has 3 aromatic rings. The summed E-state index contributed by atoms with van der Waals surface area (Å²) in [5, 5.41) is 7.19. The quantitative estimate of drug-likeness (QED) is 0.745. The Balaban J connectivity index is 1.37. The number of hydrogen-bond donors (Lipinski definition) is 1. The molecule has 28 heavy (non-hydrogen) atoms. The summed E-state index contributed by atoms with van der Waals surface area (Å²) >= 11 is 0. The highest BCUT2D eigenvalue weighted by atomic mass is 19.1. The SMILES string of the molecule is O=C([C@@H]1CC(=O)N(c2n[nH]c3cccc(F)c23)C1)N1CCc2ccccc2C1. The maximum Gasteiger partial charge on any atom is 0.229 e. The first-order valence-electron chi connectivity index (χ1n) is 9.40. The maximum absolute atomic E-state index is 14.3. The Bertz CT molecular complexity index is 1090. The van der Waals surface area contributed by atoms with Crippen molar-refractivity contribution in [2.75, 3.05) is 18.0 Å². The van der Waals surface area contributed by atoms with Gasteiger partial charge in [-0.05, 0) is 29.7 Å². The normalized spacial score (nSPS) is 19.3. The molecule has 2 aromatic carbocycles. The Morgan fingerprint density at radius 3 is 2.82 bits per heavy atom. The summed E-state index contributed by atoms with van der Waals surface area (Å²) in [6.07, 6.45) is 0.946. The van der Waals surface area contributed by atoms with Crippen LogP contribution in [0.2, 0.25) is 0 Å².